The highest BCUT2D eigenvalue weighted by Crippen LogP contribution is 2.28. The summed E-state index contributed by atoms with van der Waals surface area (Å²) in [5.41, 5.74) is 1.05. The summed E-state index contributed by atoms with van der Waals surface area (Å²) in [5, 5.41) is 19.4. The molecule has 1 aromatic carbocycles. The lowest BCUT2D eigenvalue weighted by Crippen LogP contribution is -2.01. The number of hydrogen-bond donors (Lipinski definition) is 1. The van der Waals surface area contributed by atoms with Crippen LogP contribution in [0.1, 0.15) is 12.5 Å². The van der Waals surface area contributed by atoms with Gasteiger partial charge in [0.2, 0.25) is 0 Å². The molecule has 0 unspecified atom stereocenters. The number of rotatable bonds is 6. The zero-order valence-corrected chi connectivity index (χ0v) is 10.3. The summed E-state index contributed by atoms with van der Waals surface area (Å²) in [6, 6.07) is 4.14. The van der Waals surface area contributed by atoms with Gasteiger partial charge in [0.25, 0.3) is 0 Å². The number of hydrogen-bond acceptors (Lipinski definition) is 4. The minimum absolute atomic E-state index is 0.0838. The Morgan fingerprint density at radius 2 is 2.26 bits per heavy atom. The second kappa shape index (κ2) is 6.34. The highest BCUT2D eigenvalue weighted by atomic mass is 16.6. The number of carbonyl (C=O) groups is 1. The predicted molar refractivity (Wildman–Crippen MR) is 70.1 cm³/mol. The third-order valence-electron chi connectivity index (χ3n) is 2.07. The number of nitro benzene ring substituents is 1. The smallest absolute Gasteiger partial charge is 0.328 e. The van der Waals surface area contributed by atoms with Gasteiger partial charge in [-0.25, -0.2) is 4.79 Å². The van der Waals surface area contributed by atoms with Crippen molar-refractivity contribution in [3.8, 4) is 5.75 Å². The first-order chi connectivity index (χ1) is 8.90. The van der Waals surface area contributed by atoms with Gasteiger partial charge >= 0.3 is 11.7 Å². The minimum Gasteiger partial charge on any atom is -0.482 e. The molecule has 0 amide bonds. The molecule has 6 nitrogen and oxygen atoms in total. The fourth-order valence-electron chi connectivity index (χ4n) is 1.27. The Hall–Kier alpha value is -2.63. The van der Waals surface area contributed by atoms with Gasteiger partial charge in [0.1, 0.15) is 6.61 Å². The van der Waals surface area contributed by atoms with Gasteiger partial charge in [-0.05, 0) is 36.3 Å². The van der Waals surface area contributed by atoms with E-state index in [1.54, 1.807) is 6.92 Å². The van der Waals surface area contributed by atoms with E-state index in [2.05, 4.69) is 6.58 Å². The van der Waals surface area contributed by atoms with E-state index in [9.17, 15) is 14.9 Å². The van der Waals surface area contributed by atoms with Crippen molar-refractivity contribution in [2.75, 3.05) is 6.61 Å². The number of nitrogens with zero attached hydrogens (tertiary/aromatic N) is 1. The summed E-state index contributed by atoms with van der Waals surface area (Å²) in [5.74, 6) is -1.01. The number of carboxylic acids is 1. The van der Waals surface area contributed by atoms with Crippen molar-refractivity contribution in [2.45, 2.75) is 6.92 Å². The highest BCUT2D eigenvalue weighted by molar-refractivity contribution is 5.85. The maximum absolute atomic E-state index is 10.8. The van der Waals surface area contributed by atoms with E-state index in [-0.39, 0.29) is 18.0 Å². The van der Waals surface area contributed by atoms with Crippen LogP contribution in [-0.2, 0) is 4.79 Å². The summed E-state index contributed by atoms with van der Waals surface area (Å²) in [7, 11) is 0. The summed E-state index contributed by atoms with van der Waals surface area (Å²) in [6.45, 7) is 5.54. The van der Waals surface area contributed by atoms with E-state index in [1.165, 1.54) is 24.3 Å². The van der Waals surface area contributed by atoms with E-state index < -0.39 is 10.9 Å². The molecule has 0 heterocycles. The molecule has 0 saturated carbocycles. The number of carboxylic acid groups (broad SMARTS) is 1. The molecule has 0 aliphatic rings. The number of benzene rings is 1. The average Bonchev–Trinajstić information content (AvgIpc) is 2.33. The SMILES string of the molecule is C=C(C)COc1cc(/C=C/C(=O)O)ccc1[N+](=O)[O-]. The topological polar surface area (TPSA) is 89.7 Å². The molecule has 0 saturated heterocycles. The van der Waals surface area contributed by atoms with Crippen LogP contribution in [0.25, 0.3) is 6.08 Å². The second-order valence-electron chi connectivity index (χ2n) is 3.90. The van der Waals surface area contributed by atoms with Gasteiger partial charge in [-0.3, -0.25) is 10.1 Å². The largest absolute Gasteiger partial charge is 0.482 e. The molecule has 0 spiro atoms. The normalized spacial score (nSPS) is 10.4. The van der Waals surface area contributed by atoms with Gasteiger partial charge in [-0.1, -0.05) is 6.58 Å². The van der Waals surface area contributed by atoms with Crippen molar-refractivity contribution < 1.29 is 19.6 Å². The molecule has 0 aromatic heterocycles. The molecule has 0 aliphatic carbocycles. The van der Waals surface area contributed by atoms with E-state index >= 15 is 0 Å². The van der Waals surface area contributed by atoms with Gasteiger partial charge in [0.15, 0.2) is 5.75 Å². The van der Waals surface area contributed by atoms with Crippen LogP contribution in [0.2, 0.25) is 0 Å². The molecule has 1 aromatic rings. The van der Waals surface area contributed by atoms with Gasteiger partial charge in [-0.2, -0.15) is 0 Å². The number of ether oxygens (including phenoxy) is 1. The van der Waals surface area contributed by atoms with Crippen LogP contribution in [0.5, 0.6) is 5.75 Å². The molecule has 0 atom stereocenters. The van der Waals surface area contributed by atoms with Crippen molar-refractivity contribution in [1.82, 2.24) is 0 Å². The molecule has 0 fully saturated rings. The van der Waals surface area contributed by atoms with Crippen LogP contribution in [-0.4, -0.2) is 22.6 Å². The predicted octanol–water partition coefficient (Wildman–Crippen LogP) is 2.65. The summed E-state index contributed by atoms with van der Waals surface area (Å²) in [6.07, 6.45) is 2.28. The molecule has 0 radical (unpaired) electrons. The van der Waals surface area contributed by atoms with E-state index in [4.69, 9.17) is 9.84 Å². The van der Waals surface area contributed by atoms with Crippen LogP contribution in [0, 0.1) is 10.1 Å². The van der Waals surface area contributed by atoms with Gasteiger partial charge in [0.05, 0.1) is 4.92 Å². The van der Waals surface area contributed by atoms with Gasteiger partial charge < -0.3 is 9.84 Å². The lowest BCUT2D eigenvalue weighted by Gasteiger charge is -2.07. The van der Waals surface area contributed by atoms with Crippen LogP contribution >= 0.6 is 0 Å². The molecule has 0 aliphatic heterocycles. The monoisotopic (exact) mass is 263 g/mol. The fourth-order valence-corrected chi connectivity index (χ4v) is 1.27. The van der Waals surface area contributed by atoms with Gasteiger partial charge in [-0.15, -0.1) is 0 Å². The number of aliphatic carboxylic acids is 1. The van der Waals surface area contributed by atoms with Crippen LogP contribution < -0.4 is 4.74 Å². The Morgan fingerprint density at radius 1 is 1.58 bits per heavy atom. The van der Waals surface area contributed by atoms with E-state index in [0.29, 0.717) is 5.56 Å². The first-order valence-electron chi connectivity index (χ1n) is 5.37. The van der Waals surface area contributed by atoms with Crippen LogP contribution in [0.4, 0.5) is 5.69 Å². The summed E-state index contributed by atoms with van der Waals surface area (Å²) in [4.78, 5) is 20.7. The van der Waals surface area contributed by atoms with Crippen molar-refractivity contribution in [3.05, 3.63) is 52.1 Å². The number of nitro groups is 1. The Labute approximate surface area is 109 Å². The average molecular weight is 263 g/mol. The van der Waals surface area contributed by atoms with E-state index in [0.717, 1.165) is 11.6 Å². The molecular formula is C13H13NO5. The van der Waals surface area contributed by atoms with Crippen LogP contribution in [0.3, 0.4) is 0 Å². The third kappa shape index (κ3) is 4.63. The first-order valence-corrected chi connectivity index (χ1v) is 5.37. The zero-order valence-electron chi connectivity index (χ0n) is 10.3. The molecule has 6 heteroatoms. The van der Waals surface area contributed by atoms with E-state index in [1.807, 2.05) is 0 Å². The van der Waals surface area contributed by atoms with Crippen molar-refractivity contribution >= 4 is 17.7 Å². The molecule has 100 valence electrons. The lowest BCUT2D eigenvalue weighted by atomic mass is 10.1. The third-order valence-corrected chi connectivity index (χ3v) is 2.07. The molecular weight excluding hydrogens is 250 g/mol. The molecule has 0 bridgehead atoms. The van der Waals surface area contributed by atoms with Crippen molar-refractivity contribution in [3.63, 3.8) is 0 Å². The van der Waals surface area contributed by atoms with Crippen LogP contribution in [0.15, 0.2) is 36.4 Å². The van der Waals surface area contributed by atoms with Crippen molar-refractivity contribution in [2.24, 2.45) is 0 Å². The Balaban J connectivity index is 3.06. The molecule has 19 heavy (non-hydrogen) atoms. The Bertz CT molecular complexity index is 548. The minimum atomic E-state index is -1.09. The molecule has 1 rings (SSSR count). The Morgan fingerprint density at radius 3 is 2.79 bits per heavy atom. The summed E-state index contributed by atoms with van der Waals surface area (Å²) >= 11 is 0. The Kier molecular flexibility index (Phi) is 4.82. The first kappa shape index (κ1) is 14.4. The lowest BCUT2D eigenvalue weighted by molar-refractivity contribution is -0.385. The van der Waals surface area contributed by atoms with Crippen molar-refractivity contribution in [1.29, 1.82) is 0 Å². The zero-order chi connectivity index (χ0) is 14.4. The standard InChI is InChI=1S/C13H13NO5/c1-9(2)8-19-12-7-10(4-6-13(15)16)3-5-11(12)14(17)18/h3-7H,1,8H2,2H3,(H,15,16)/b6-4+. The second-order valence-corrected chi connectivity index (χ2v) is 3.90. The molecule has 1 N–H and O–H groups in total. The quantitative estimate of drug-likeness (QED) is 0.369. The van der Waals surface area contributed by atoms with Gasteiger partial charge in [0, 0.05) is 12.1 Å². The maximum Gasteiger partial charge on any atom is 0.328 e. The fraction of sp³-hybridized carbons (Fsp3) is 0.154. The highest BCUT2D eigenvalue weighted by Gasteiger charge is 2.15. The summed E-state index contributed by atoms with van der Waals surface area (Å²) < 4.78 is 5.28. The maximum atomic E-state index is 10.8.